The van der Waals surface area contributed by atoms with E-state index in [4.69, 9.17) is 75.8 Å². The van der Waals surface area contributed by atoms with Crippen molar-refractivity contribution < 1.29 is 129 Å². The summed E-state index contributed by atoms with van der Waals surface area (Å²) in [5.41, 5.74) is -0.345. The molecule has 3 saturated heterocycles. The number of ether oxygens (including phenoxy) is 16. The van der Waals surface area contributed by atoms with Gasteiger partial charge in [0, 0.05) is 41.5 Å². The molecule has 0 radical (unpaired) electrons. The Labute approximate surface area is 525 Å². The predicted molar refractivity (Wildman–Crippen MR) is 307 cm³/mol. The molecule has 486 valence electrons. The van der Waals surface area contributed by atoms with Crippen LogP contribution < -0.4 is 0 Å². The van der Waals surface area contributed by atoms with Gasteiger partial charge in [0.05, 0.1) is 27.8 Å². The van der Waals surface area contributed by atoms with E-state index in [0.717, 1.165) is 41.5 Å². The highest BCUT2D eigenvalue weighted by Crippen LogP contribution is 2.39. The molecule has 27 nitrogen and oxygen atoms in total. The highest BCUT2D eigenvalue weighted by Gasteiger charge is 2.61. The van der Waals surface area contributed by atoms with Gasteiger partial charge in [-0.3, -0.25) is 28.8 Å². The van der Waals surface area contributed by atoms with Crippen molar-refractivity contribution >= 4 is 65.7 Å². The van der Waals surface area contributed by atoms with Crippen LogP contribution in [0.2, 0.25) is 0 Å². The first-order valence-electron chi connectivity index (χ1n) is 28.6. The van der Waals surface area contributed by atoms with E-state index in [1.807, 2.05) is 0 Å². The smallest absolute Gasteiger partial charge is 0.338 e. The number of carbonyl (C=O) groups is 11. The maximum atomic E-state index is 14.8. The second-order valence-electron chi connectivity index (χ2n) is 20.7. The topological polar surface area (TPSA) is 335 Å². The van der Waals surface area contributed by atoms with Gasteiger partial charge in [0.25, 0.3) is 0 Å². The van der Waals surface area contributed by atoms with E-state index in [9.17, 15) is 52.7 Å². The van der Waals surface area contributed by atoms with Crippen LogP contribution in [0, 0.1) is 0 Å². The number of benzene rings is 5. The zero-order valence-electron chi connectivity index (χ0n) is 50.2. The second kappa shape index (κ2) is 32.2. The lowest BCUT2D eigenvalue weighted by atomic mass is 9.95. The Morgan fingerprint density at radius 3 is 0.848 bits per heavy atom. The highest BCUT2D eigenvalue weighted by molar-refractivity contribution is 5.92. The minimum absolute atomic E-state index is 0.0432. The molecule has 3 fully saturated rings. The van der Waals surface area contributed by atoms with Crippen LogP contribution >= 0.6 is 0 Å². The third-order valence-corrected chi connectivity index (χ3v) is 13.8. The van der Waals surface area contributed by atoms with E-state index in [-0.39, 0.29) is 27.8 Å². The molecule has 0 N–H and O–H groups in total. The quantitative estimate of drug-likeness (QED) is 0.0601. The first-order chi connectivity index (χ1) is 44.1. The summed E-state index contributed by atoms with van der Waals surface area (Å²) in [4.78, 5) is 150. The predicted octanol–water partition coefficient (Wildman–Crippen LogP) is 5.18. The Hall–Kier alpha value is -9.93. The number of hydrogen-bond acceptors (Lipinski definition) is 27. The van der Waals surface area contributed by atoms with Crippen molar-refractivity contribution in [3.8, 4) is 0 Å². The largest absolute Gasteiger partial charge is 0.463 e. The lowest BCUT2D eigenvalue weighted by Gasteiger charge is -2.50. The van der Waals surface area contributed by atoms with Crippen molar-refractivity contribution in [3.05, 3.63) is 179 Å². The van der Waals surface area contributed by atoms with E-state index in [2.05, 4.69) is 0 Å². The van der Waals surface area contributed by atoms with Crippen LogP contribution in [0.1, 0.15) is 93.3 Å². The van der Waals surface area contributed by atoms with Crippen LogP contribution in [0.25, 0.3) is 0 Å². The molecular formula is C65H64O27. The summed E-state index contributed by atoms with van der Waals surface area (Å²) in [6.45, 7) is 3.50. The normalized spacial score (nSPS) is 25.7. The first-order valence-corrected chi connectivity index (χ1v) is 28.6. The molecule has 0 aliphatic carbocycles. The molecule has 8 rings (SSSR count). The maximum Gasteiger partial charge on any atom is 0.338 e. The van der Waals surface area contributed by atoms with Crippen LogP contribution in [-0.4, -0.2) is 178 Å². The van der Waals surface area contributed by atoms with Crippen LogP contribution in [0.3, 0.4) is 0 Å². The molecule has 92 heavy (non-hydrogen) atoms. The molecule has 15 atom stereocenters. The molecule has 3 aliphatic rings. The summed E-state index contributed by atoms with van der Waals surface area (Å²) in [6.07, 6.45) is -29.8. The molecule has 5 aromatic carbocycles. The molecule has 0 unspecified atom stereocenters. The van der Waals surface area contributed by atoms with Gasteiger partial charge >= 0.3 is 65.7 Å². The highest BCUT2D eigenvalue weighted by atomic mass is 16.8. The average Bonchev–Trinajstić information content (AvgIpc) is 0.765. The van der Waals surface area contributed by atoms with Crippen molar-refractivity contribution in [2.45, 2.75) is 134 Å². The molecule has 0 saturated carbocycles. The zero-order valence-corrected chi connectivity index (χ0v) is 50.2. The maximum absolute atomic E-state index is 14.8. The molecule has 3 aliphatic heterocycles. The third kappa shape index (κ3) is 18.4. The van der Waals surface area contributed by atoms with E-state index in [0.29, 0.717) is 0 Å². The summed E-state index contributed by atoms with van der Waals surface area (Å²) < 4.78 is 97.5. The first kappa shape index (κ1) is 68.0. The summed E-state index contributed by atoms with van der Waals surface area (Å²) in [5, 5.41) is 0. The van der Waals surface area contributed by atoms with Gasteiger partial charge < -0.3 is 75.8 Å². The summed E-state index contributed by atoms with van der Waals surface area (Å²) in [5.74, 6) is -11.3. The average molecular weight is 1280 g/mol. The van der Waals surface area contributed by atoms with Crippen molar-refractivity contribution in [2.75, 3.05) is 19.8 Å². The third-order valence-electron chi connectivity index (χ3n) is 13.8. The molecule has 0 aromatic heterocycles. The van der Waals surface area contributed by atoms with Gasteiger partial charge in [-0.1, -0.05) is 91.0 Å². The zero-order chi connectivity index (χ0) is 66.0. The van der Waals surface area contributed by atoms with Crippen LogP contribution in [-0.2, 0) is 105 Å². The lowest BCUT2D eigenvalue weighted by molar-refractivity contribution is -0.376. The van der Waals surface area contributed by atoms with E-state index >= 15 is 0 Å². The minimum Gasteiger partial charge on any atom is -0.463 e. The molecule has 3 heterocycles. The molecule has 0 bridgehead atoms. The lowest BCUT2D eigenvalue weighted by Crippen LogP contribution is -2.69. The monoisotopic (exact) mass is 1280 g/mol. The number of carbonyl (C=O) groups excluding carboxylic acids is 11. The minimum atomic E-state index is -2.26. The standard InChI is InChI=1S/C65H64O27/c1-35(66)77-32-46-49(80-37(3)68)52(81-38(4)69)55(82-39(5)70)64(85-46)91-50-47(33-78-36(2)67)86-65(57(90-62(76)45-30-20-11-21-31-45)54(50)88-60(74)43-26-16-9-17-27-43)92-51-48(34-79-58(72)41-22-12-7-13-23-41)84-63(83-40(6)71)56(89-61(75)44-28-18-10-19-29-44)53(51)87-59(73)42-24-14-8-15-25-42/h7-31,46-57,63-65H,32-34H2,1-6H3/t46-,47-,48-,49+,50+,51-,52+,53+,54+,55-,56-,57-,63-,64-,65+/m1/s1. The number of esters is 11. The van der Waals surface area contributed by atoms with Gasteiger partial charge in [-0.15, -0.1) is 0 Å². The molecule has 0 amide bonds. The van der Waals surface area contributed by atoms with E-state index < -0.39 is 178 Å². The summed E-state index contributed by atoms with van der Waals surface area (Å²) in [7, 11) is 0. The van der Waals surface area contributed by atoms with Crippen molar-refractivity contribution in [3.63, 3.8) is 0 Å². The van der Waals surface area contributed by atoms with Gasteiger partial charge in [-0.25, -0.2) is 24.0 Å². The Kier molecular flexibility index (Phi) is 23.8. The fourth-order valence-corrected chi connectivity index (χ4v) is 9.93. The van der Waals surface area contributed by atoms with E-state index in [1.165, 1.54) is 109 Å². The van der Waals surface area contributed by atoms with Gasteiger partial charge in [-0.2, -0.15) is 0 Å². The Morgan fingerprint density at radius 2 is 0.511 bits per heavy atom. The fourth-order valence-electron chi connectivity index (χ4n) is 9.93. The van der Waals surface area contributed by atoms with Gasteiger partial charge in [0.1, 0.15) is 50.3 Å². The fraction of sp³-hybridized carbons (Fsp3) is 0.369. The molecule has 0 spiro atoms. The Bertz CT molecular complexity index is 3390. The summed E-state index contributed by atoms with van der Waals surface area (Å²) in [6, 6.07) is 37.0. The second-order valence-corrected chi connectivity index (χ2v) is 20.7. The van der Waals surface area contributed by atoms with Gasteiger partial charge in [0.2, 0.25) is 12.4 Å². The van der Waals surface area contributed by atoms with Crippen LogP contribution in [0.4, 0.5) is 0 Å². The molecule has 27 heteroatoms. The van der Waals surface area contributed by atoms with Crippen LogP contribution in [0.15, 0.2) is 152 Å². The summed E-state index contributed by atoms with van der Waals surface area (Å²) >= 11 is 0. The Morgan fingerprint density at radius 1 is 0.261 bits per heavy atom. The van der Waals surface area contributed by atoms with Crippen molar-refractivity contribution in [2.24, 2.45) is 0 Å². The number of hydrogen-bond donors (Lipinski definition) is 0. The van der Waals surface area contributed by atoms with Crippen LogP contribution in [0.5, 0.6) is 0 Å². The van der Waals surface area contributed by atoms with E-state index in [1.54, 1.807) is 42.5 Å². The molecule has 5 aromatic rings. The van der Waals surface area contributed by atoms with Crippen molar-refractivity contribution in [1.29, 1.82) is 0 Å². The number of rotatable bonds is 23. The molecular weight excluding hydrogens is 1210 g/mol. The Balaban J connectivity index is 1.34. The SMILES string of the molecule is CC(=O)OC[C@H]1O[C@H](O[C@@H]2[C@H](OC(=O)c3ccccc3)[C@@H](OC(=O)c3ccccc3)[C@H](O[C@H]3[C@H](OC(=O)c4ccccc4)[C@@H](OC(=O)c4ccccc4)[C@H](OC(C)=O)O[C@@H]3COC(=O)c3ccccc3)O[C@@H]2COC(C)=O)[C@H](OC(C)=O)[C@@H](OC(C)=O)[C@H]1OC(C)=O. The van der Waals surface area contributed by atoms with Gasteiger partial charge in [0.15, 0.2) is 49.2 Å². The van der Waals surface area contributed by atoms with Crippen molar-refractivity contribution in [1.82, 2.24) is 0 Å². The van der Waals surface area contributed by atoms with Gasteiger partial charge in [-0.05, 0) is 60.7 Å².